The van der Waals surface area contributed by atoms with Crippen LogP contribution in [-0.2, 0) is 11.3 Å². The predicted molar refractivity (Wildman–Crippen MR) is 71.9 cm³/mol. The summed E-state index contributed by atoms with van der Waals surface area (Å²) >= 11 is 0. The zero-order chi connectivity index (χ0) is 14.7. The molecule has 0 aliphatic heterocycles. The van der Waals surface area contributed by atoms with Gasteiger partial charge in [-0.25, -0.2) is 0 Å². The second-order valence-corrected chi connectivity index (χ2v) is 5.19. The summed E-state index contributed by atoms with van der Waals surface area (Å²) in [5.41, 5.74) is 0. The minimum Gasteiger partial charge on any atom is -0.461 e. The number of hydrogen-bond acceptors (Lipinski definition) is 6. The second-order valence-electron chi connectivity index (χ2n) is 5.19. The first-order chi connectivity index (χ1) is 10.2. The molecule has 8 heteroatoms. The van der Waals surface area contributed by atoms with E-state index in [0.29, 0.717) is 11.6 Å². The fourth-order valence-electron chi connectivity index (χ4n) is 2.44. The van der Waals surface area contributed by atoms with E-state index in [1.165, 1.54) is 11.1 Å². The molecule has 1 aliphatic rings. The molecule has 0 bridgehead atoms. The van der Waals surface area contributed by atoms with Crippen LogP contribution in [0.4, 0.5) is 0 Å². The van der Waals surface area contributed by atoms with Crippen molar-refractivity contribution in [3.05, 3.63) is 18.4 Å². The van der Waals surface area contributed by atoms with Crippen molar-refractivity contribution < 1.29 is 14.3 Å². The zero-order valence-corrected chi connectivity index (χ0v) is 11.5. The van der Waals surface area contributed by atoms with Gasteiger partial charge in [-0.1, -0.05) is 0 Å². The molecule has 1 fully saturated rings. The molecule has 1 aliphatic carbocycles. The van der Waals surface area contributed by atoms with Crippen LogP contribution in [0.5, 0.6) is 0 Å². The number of aliphatic hydroxyl groups is 1. The molecule has 2 aromatic rings. The fraction of sp³-hybridized carbons (Fsp3) is 0.538. The van der Waals surface area contributed by atoms with Gasteiger partial charge in [-0.15, -0.1) is 10.2 Å². The van der Waals surface area contributed by atoms with E-state index in [1.807, 2.05) is 0 Å². The number of carbonyl (C=O) groups is 1. The van der Waals surface area contributed by atoms with Gasteiger partial charge in [-0.2, -0.15) is 4.80 Å². The number of furan rings is 1. The molecule has 0 saturated heterocycles. The zero-order valence-electron chi connectivity index (χ0n) is 11.5. The molecule has 1 amide bonds. The quantitative estimate of drug-likeness (QED) is 0.842. The summed E-state index contributed by atoms with van der Waals surface area (Å²) in [5.74, 6) is 0.719. The standard InChI is InChI=1S/C13H17N5O3/c19-10-5-3-9(4-6-10)14-12(20)8-18-16-13(15-17-18)11-2-1-7-21-11/h1-2,7,9-10,19H,3-6,8H2,(H,14,20). The van der Waals surface area contributed by atoms with Gasteiger partial charge in [0.25, 0.3) is 0 Å². The Morgan fingerprint density at radius 1 is 1.43 bits per heavy atom. The van der Waals surface area contributed by atoms with Crippen molar-refractivity contribution >= 4 is 5.91 Å². The van der Waals surface area contributed by atoms with Crippen molar-refractivity contribution in [2.75, 3.05) is 0 Å². The maximum atomic E-state index is 11.9. The highest BCUT2D eigenvalue weighted by atomic mass is 16.3. The van der Waals surface area contributed by atoms with E-state index in [9.17, 15) is 9.90 Å². The molecular formula is C13H17N5O3. The van der Waals surface area contributed by atoms with Crippen LogP contribution in [0.15, 0.2) is 22.8 Å². The van der Waals surface area contributed by atoms with Crippen molar-refractivity contribution in [3.8, 4) is 11.6 Å². The molecular weight excluding hydrogens is 274 g/mol. The number of carbonyl (C=O) groups excluding carboxylic acids is 1. The van der Waals surface area contributed by atoms with Crippen molar-refractivity contribution in [1.29, 1.82) is 0 Å². The number of aromatic nitrogens is 4. The summed E-state index contributed by atoms with van der Waals surface area (Å²) in [6.07, 6.45) is 4.36. The Morgan fingerprint density at radius 3 is 2.95 bits per heavy atom. The monoisotopic (exact) mass is 291 g/mol. The third kappa shape index (κ3) is 3.46. The van der Waals surface area contributed by atoms with E-state index >= 15 is 0 Å². The third-order valence-electron chi connectivity index (χ3n) is 3.54. The summed E-state index contributed by atoms with van der Waals surface area (Å²) in [6, 6.07) is 3.59. The lowest BCUT2D eigenvalue weighted by molar-refractivity contribution is -0.123. The molecule has 21 heavy (non-hydrogen) atoms. The Hall–Kier alpha value is -2.22. The van der Waals surface area contributed by atoms with E-state index in [0.717, 1.165) is 25.7 Å². The van der Waals surface area contributed by atoms with Crippen molar-refractivity contribution in [1.82, 2.24) is 25.5 Å². The fourth-order valence-corrected chi connectivity index (χ4v) is 2.44. The second kappa shape index (κ2) is 6.04. The highest BCUT2D eigenvalue weighted by Crippen LogP contribution is 2.18. The molecule has 3 rings (SSSR count). The molecule has 1 saturated carbocycles. The van der Waals surface area contributed by atoms with Crippen LogP contribution in [0.3, 0.4) is 0 Å². The van der Waals surface area contributed by atoms with Gasteiger partial charge in [-0.05, 0) is 43.0 Å². The van der Waals surface area contributed by atoms with Gasteiger partial charge >= 0.3 is 0 Å². The van der Waals surface area contributed by atoms with Crippen LogP contribution in [0, 0.1) is 0 Å². The number of amides is 1. The minimum atomic E-state index is -0.231. The van der Waals surface area contributed by atoms with Crippen molar-refractivity contribution in [3.63, 3.8) is 0 Å². The average Bonchev–Trinajstić information content (AvgIpc) is 3.12. The van der Waals surface area contributed by atoms with Crippen LogP contribution < -0.4 is 5.32 Å². The Kier molecular flexibility index (Phi) is 3.96. The van der Waals surface area contributed by atoms with E-state index < -0.39 is 0 Å². The molecule has 0 radical (unpaired) electrons. The van der Waals surface area contributed by atoms with Gasteiger partial charge in [0.2, 0.25) is 11.7 Å². The molecule has 0 atom stereocenters. The molecule has 0 unspecified atom stereocenters. The summed E-state index contributed by atoms with van der Waals surface area (Å²) in [7, 11) is 0. The topological polar surface area (TPSA) is 106 Å². The number of rotatable bonds is 4. The predicted octanol–water partition coefficient (Wildman–Crippen LogP) is 0.353. The van der Waals surface area contributed by atoms with Gasteiger partial charge in [0, 0.05) is 6.04 Å². The largest absolute Gasteiger partial charge is 0.461 e. The number of nitrogens with zero attached hydrogens (tertiary/aromatic N) is 4. The third-order valence-corrected chi connectivity index (χ3v) is 3.54. The molecule has 8 nitrogen and oxygen atoms in total. The van der Waals surface area contributed by atoms with Crippen molar-refractivity contribution in [2.24, 2.45) is 0 Å². The maximum absolute atomic E-state index is 11.9. The summed E-state index contributed by atoms with van der Waals surface area (Å²) < 4.78 is 5.17. The van der Waals surface area contributed by atoms with Gasteiger partial charge < -0.3 is 14.8 Å². The van der Waals surface area contributed by atoms with Crippen LogP contribution in [0.25, 0.3) is 11.6 Å². The molecule has 0 spiro atoms. The van der Waals surface area contributed by atoms with E-state index in [4.69, 9.17) is 4.42 Å². The summed E-state index contributed by atoms with van der Waals surface area (Å²) in [6.45, 7) is 0.0206. The summed E-state index contributed by atoms with van der Waals surface area (Å²) in [5, 5.41) is 24.1. The SMILES string of the molecule is O=C(Cn1nnc(-c2ccco2)n1)NC1CCC(O)CC1. The summed E-state index contributed by atoms with van der Waals surface area (Å²) in [4.78, 5) is 13.2. The molecule has 0 aromatic carbocycles. The minimum absolute atomic E-state index is 0.0206. The van der Waals surface area contributed by atoms with Gasteiger partial charge in [-0.3, -0.25) is 4.79 Å². The first-order valence-corrected chi connectivity index (χ1v) is 7.00. The average molecular weight is 291 g/mol. The molecule has 2 N–H and O–H groups in total. The van der Waals surface area contributed by atoms with Gasteiger partial charge in [0.15, 0.2) is 5.76 Å². The van der Waals surface area contributed by atoms with Gasteiger partial charge in [0.1, 0.15) is 6.54 Å². The highest BCUT2D eigenvalue weighted by Gasteiger charge is 2.21. The Morgan fingerprint density at radius 2 is 2.24 bits per heavy atom. The van der Waals surface area contributed by atoms with Crippen LogP contribution in [0.2, 0.25) is 0 Å². The normalized spacial score (nSPS) is 22.1. The molecule has 112 valence electrons. The number of tetrazole rings is 1. The smallest absolute Gasteiger partial charge is 0.243 e. The number of nitrogens with one attached hydrogen (secondary N) is 1. The van der Waals surface area contributed by atoms with E-state index in [-0.39, 0.29) is 24.6 Å². The Bertz CT molecular complexity index is 587. The lowest BCUT2D eigenvalue weighted by Gasteiger charge is -2.25. The first-order valence-electron chi connectivity index (χ1n) is 7.00. The first kappa shape index (κ1) is 13.7. The maximum Gasteiger partial charge on any atom is 0.243 e. The van der Waals surface area contributed by atoms with Crippen LogP contribution >= 0.6 is 0 Å². The van der Waals surface area contributed by atoms with Crippen LogP contribution in [0.1, 0.15) is 25.7 Å². The van der Waals surface area contributed by atoms with E-state index in [2.05, 4.69) is 20.7 Å². The molecule has 2 aromatic heterocycles. The Labute approximate surface area is 121 Å². The molecule has 2 heterocycles. The van der Waals surface area contributed by atoms with Crippen LogP contribution in [-0.4, -0.2) is 43.4 Å². The number of hydrogen-bond donors (Lipinski definition) is 2. The lowest BCUT2D eigenvalue weighted by Crippen LogP contribution is -2.40. The number of aliphatic hydroxyl groups excluding tert-OH is 1. The van der Waals surface area contributed by atoms with E-state index in [1.54, 1.807) is 12.1 Å². The van der Waals surface area contributed by atoms with Gasteiger partial charge in [0.05, 0.1) is 12.4 Å². The highest BCUT2D eigenvalue weighted by molar-refractivity contribution is 5.75. The van der Waals surface area contributed by atoms with Crippen molar-refractivity contribution in [2.45, 2.75) is 44.4 Å². The lowest BCUT2D eigenvalue weighted by atomic mass is 9.93. The Balaban J connectivity index is 1.53.